The van der Waals surface area contributed by atoms with Gasteiger partial charge in [0.1, 0.15) is 11.6 Å². The number of fused-ring (bicyclic) bond motifs is 1. The van der Waals surface area contributed by atoms with E-state index in [9.17, 15) is 4.79 Å². The lowest BCUT2D eigenvalue weighted by molar-refractivity contribution is 0.615. The van der Waals surface area contributed by atoms with Crippen LogP contribution in [0, 0.1) is 6.92 Å². The normalized spacial score (nSPS) is 11.0. The molecule has 0 radical (unpaired) electrons. The first-order valence-corrected chi connectivity index (χ1v) is 6.95. The molecule has 0 fully saturated rings. The van der Waals surface area contributed by atoms with Gasteiger partial charge in [-0.25, -0.2) is 14.6 Å². The average molecular weight is 321 g/mol. The van der Waals surface area contributed by atoms with Crippen molar-refractivity contribution < 1.29 is 0 Å². The highest BCUT2D eigenvalue weighted by molar-refractivity contribution is 6.41. The number of para-hydroxylation sites is 1. The van der Waals surface area contributed by atoms with Crippen LogP contribution in [0.5, 0.6) is 0 Å². The van der Waals surface area contributed by atoms with Crippen LogP contribution in [-0.2, 0) is 6.54 Å². The Morgan fingerprint density at radius 3 is 2.76 bits per heavy atom. The summed E-state index contributed by atoms with van der Waals surface area (Å²) in [6.45, 7) is 2.04. The van der Waals surface area contributed by atoms with Crippen LogP contribution in [0.25, 0.3) is 10.9 Å². The van der Waals surface area contributed by atoms with E-state index in [1.165, 1.54) is 10.9 Å². The second-order valence-corrected chi connectivity index (χ2v) is 5.30. The Morgan fingerprint density at radius 1 is 1.19 bits per heavy atom. The molecule has 2 aromatic heterocycles. The number of aryl methyl sites for hydroxylation is 1. The molecule has 2 heterocycles. The van der Waals surface area contributed by atoms with Crippen LogP contribution in [0.4, 0.5) is 0 Å². The quantitative estimate of drug-likeness (QED) is 0.728. The molecule has 0 saturated heterocycles. The van der Waals surface area contributed by atoms with Crippen molar-refractivity contribution in [3.63, 3.8) is 0 Å². The molecule has 0 unspecified atom stereocenters. The second-order valence-electron chi connectivity index (χ2n) is 4.51. The van der Waals surface area contributed by atoms with Crippen LogP contribution in [0.2, 0.25) is 10.0 Å². The van der Waals surface area contributed by atoms with Crippen molar-refractivity contribution in [2.45, 2.75) is 13.5 Å². The first-order valence-electron chi connectivity index (χ1n) is 6.19. The maximum absolute atomic E-state index is 12.0. The topological polar surface area (TPSA) is 60.7 Å². The molecule has 0 spiro atoms. The molecule has 5 nitrogen and oxygen atoms in total. The Kier molecular flexibility index (Phi) is 3.61. The van der Waals surface area contributed by atoms with E-state index in [0.29, 0.717) is 5.82 Å². The van der Waals surface area contributed by atoms with Crippen molar-refractivity contribution >= 4 is 34.1 Å². The van der Waals surface area contributed by atoms with Gasteiger partial charge in [0.05, 0.1) is 16.7 Å². The summed E-state index contributed by atoms with van der Waals surface area (Å²) in [7, 11) is 0. The minimum absolute atomic E-state index is 0.0517. The lowest BCUT2D eigenvalue weighted by Gasteiger charge is -2.07. The molecular weight excluding hydrogens is 311 g/mol. The van der Waals surface area contributed by atoms with Crippen molar-refractivity contribution in [1.29, 1.82) is 0 Å². The highest BCUT2D eigenvalue weighted by Crippen LogP contribution is 2.16. The van der Waals surface area contributed by atoms with Gasteiger partial charge in [0, 0.05) is 11.1 Å². The number of halogens is 2. The van der Waals surface area contributed by atoms with Gasteiger partial charge in [0.15, 0.2) is 5.82 Å². The maximum Gasteiger partial charge on any atom is 0.287 e. The second kappa shape index (κ2) is 5.42. The number of benzene rings is 1. The zero-order chi connectivity index (χ0) is 15.0. The smallest absolute Gasteiger partial charge is 0.266 e. The molecule has 21 heavy (non-hydrogen) atoms. The van der Waals surface area contributed by atoms with Crippen LogP contribution < -0.4 is 5.56 Å². The van der Waals surface area contributed by atoms with Gasteiger partial charge in [-0.2, -0.15) is 5.10 Å². The summed E-state index contributed by atoms with van der Waals surface area (Å²) in [4.78, 5) is 20.8. The number of hydrogen-bond donors (Lipinski definition) is 0. The first kappa shape index (κ1) is 14.0. The van der Waals surface area contributed by atoms with Gasteiger partial charge < -0.3 is 0 Å². The molecule has 0 aliphatic heterocycles. The zero-order valence-corrected chi connectivity index (χ0v) is 12.6. The van der Waals surface area contributed by atoms with E-state index in [1.807, 2.05) is 31.2 Å². The van der Waals surface area contributed by atoms with Gasteiger partial charge in [0.2, 0.25) is 0 Å². The molecule has 0 saturated carbocycles. The standard InChI is InChI=1S/C14H10Cl2N4O/c1-8-9-4-2-3-5-11(9)19-12(18-8)7-20-14(21)13(16)10(15)6-17-20/h2-6H,7H2,1H3. The van der Waals surface area contributed by atoms with E-state index in [-0.39, 0.29) is 16.6 Å². The van der Waals surface area contributed by atoms with Gasteiger partial charge in [-0.05, 0) is 13.0 Å². The SMILES string of the molecule is Cc1nc(Cn2ncc(Cl)c(Cl)c2=O)nc2ccccc12. The van der Waals surface area contributed by atoms with Crippen LogP contribution in [0.3, 0.4) is 0 Å². The molecule has 0 atom stereocenters. The van der Waals surface area contributed by atoms with Crippen molar-refractivity contribution in [2.75, 3.05) is 0 Å². The minimum atomic E-state index is -0.460. The molecule has 106 valence electrons. The summed E-state index contributed by atoms with van der Waals surface area (Å²) in [6, 6.07) is 7.70. The molecule has 0 N–H and O–H groups in total. The van der Waals surface area contributed by atoms with Gasteiger partial charge in [-0.3, -0.25) is 4.79 Å². The molecule has 0 aliphatic rings. The molecular formula is C14H10Cl2N4O. The van der Waals surface area contributed by atoms with Gasteiger partial charge in [0.25, 0.3) is 5.56 Å². The Morgan fingerprint density at radius 2 is 1.95 bits per heavy atom. The van der Waals surface area contributed by atoms with Gasteiger partial charge in [-0.15, -0.1) is 0 Å². The number of nitrogens with zero attached hydrogens (tertiary/aromatic N) is 4. The minimum Gasteiger partial charge on any atom is -0.266 e. The summed E-state index contributed by atoms with van der Waals surface area (Å²) in [5.74, 6) is 0.499. The fraction of sp³-hybridized carbons (Fsp3) is 0.143. The van der Waals surface area contributed by atoms with Gasteiger partial charge >= 0.3 is 0 Å². The van der Waals surface area contributed by atoms with E-state index < -0.39 is 5.56 Å². The third-order valence-electron chi connectivity index (χ3n) is 3.07. The Hall–Kier alpha value is -1.98. The Bertz CT molecular complexity index is 892. The monoisotopic (exact) mass is 320 g/mol. The molecule has 0 amide bonds. The number of aromatic nitrogens is 4. The largest absolute Gasteiger partial charge is 0.287 e. The lowest BCUT2D eigenvalue weighted by atomic mass is 10.2. The summed E-state index contributed by atoms with van der Waals surface area (Å²) in [6.07, 6.45) is 1.33. The van der Waals surface area contributed by atoms with Crippen molar-refractivity contribution in [2.24, 2.45) is 0 Å². The summed E-state index contributed by atoms with van der Waals surface area (Å²) in [5, 5.41) is 5.01. The third kappa shape index (κ3) is 2.62. The Balaban J connectivity index is 2.07. The van der Waals surface area contributed by atoms with Crippen molar-refractivity contribution in [1.82, 2.24) is 19.7 Å². The fourth-order valence-corrected chi connectivity index (χ4v) is 2.33. The van der Waals surface area contributed by atoms with Crippen LogP contribution in [-0.4, -0.2) is 19.7 Å². The molecule has 7 heteroatoms. The first-order chi connectivity index (χ1) is 10.1. The average Bonchev–Trinajstić information content (AvgIpc) is 2.48. The summed E-state index contributed by atoms with van der Waals surface area (Å²) in [5.41, 5.74) is 1.22. The van der Waals surface area contributed by atoms with Crippen LogP contribution in [0.1, 0.15) is 11.5 Å². The van der Waals surface area contributed by atoms with Crippen molar-refractivity contribution in [3.8, 4) is 0 Å². The fourth-order valence-electron chi connectivity index (χ4n) is 2.06. The van der Waals surface area contributed by atoms with E-state index in [2.05, 4.69) is 15.1 Å². The maximum atomic E-state index is 12.0. The van der Waals surface area contributed by atoms with E-state index in [1.54, 1.807) is 0 Å². The highest BCUT2D eigenvalue weighted by atomic mass is 35.5. The molecule has 3 aromatic rings. The lowest BCUT2D eigenvalue weighted by Crippen LogP contribution is -2.24. The molecule has 0 aliphatic carbocycles. The van der Waals surface area contributed by atoms with Crippen molar-refractivity contribution in [3.05, 3.63) is 62.4 Å². The van der Waals surface area contributed by atoms with E-state index >= 15 is 0 Å². The number of rotatable bonds is 2. The predicted octanol–water partition coefficient (Wildman–Crippen LogP) is 2.85. The molecule has 1 aromatic carbocycles. The summed E-state index contributed by atoms with van der Waals surface area (Å²) < 4.78 is 1.19. The van der Waals surface area contributed by atoms with Crippen LogP contribution in [0.15, 0.2) is 35.3 Å². The zero-order valence-electron chi connectivity index (χ0n) is 11.0. The molecule has 3 rings (SSSR count). The number of hydrogen-bond acceptors (Lipinski definition) is 4. The Labute approximate surface area is 130 Å². The summed E-state index contributed by atoms with van der Waals surface area (Å²) >= 11 is 11.6. The van der Waals surface area contributed by atoms with Crippen LogP contribution >= 0.6 is 23.2 Å². The van der Waals surface area contributed by atoms with Gasteiger partial charge in [-0.1, -0.05) is 41.4 Å². The van der Waals surface area contributed by atoms with E-state index in [0.717, 1.165) is 16.6 Å². The molecule has 0 bridgehead atoms. The third-order valence-corrected chi connectivity index (χ3v) is 3.82. The van der Waals surface area contributed by atoms with E-state index in [4.69, 9.17) is 23.2 Å². The predicted molar refractivity (Wildman–Crippen MR) is 81.9 cm³/mol. The highest BCUT2D eigenvalue weighted by Gasteiger charge is 2.10.